The molecule has 1 amide bonds. The number of rotatable bonds is 6. The number of carbonyl (C=O) groups is 3. The number of esters is 1. The summed E-state index contributed by atoms with van der Waals surface area (Å²) in [4.78, 5) is 37.8. The van der Waals surface area contributed by atoms with Crippen molar-refractivity contribution in [2.75, 3.05) is 5.32 Å². The Morgan fingerprint density at radius 2 is 1.85 bits per heavy atom. The van der Waals surface area contributed by atoms with Gasteiger partial charge in [-0.3, -0.25) is 14.4 Å². The number of hydrogen-bond donors (Lipinski definition) is 1. The minimum absolute atomic E-state index is 0.0861. The van der Waals surface area contributed by atoms with E-state index < -0.39 is 17.3 Å². The van der Waals surface area contributed by atoms with Crippen LogP contribution in [-0.2, 0) is 20.7 Å². The predicted molar refractivity (Wildman–Crippen MR) is 105 cm³/mol. The van der Waals surface area contributed by atoms with Crippen LogP contribution in [0.3, 0.4) is 0 Å². The number of Topliss-reactive ketones (excluding diaryl/α,β-unsaturated/α-hetero) is 1. The highest BCUT2D eigenvalue weighted by Crippen LogP contribution is 2.36. The summed E-state index contributed by atoms with van der Waals surface area (Å²) in [6.45, 7) is 3.59. The molecule has 1 aliphatic heterocycles. The van der Waals surface area contributed by atoms with Crippen molar-refractivity contribution < 1.29 is 19.1 Å². The van der Waals surface area contributed by atoms with Gasteiger partial charge in [-0.2, -0.15) is 0 Å². The molecule has 0 bridgehead atoms. The number of carbonyl (C=O) groups excluding carboxylic acids is 3. The summed E-state index contributed by atoms with van der Waals surface area (Å²) in [5.41, 5.74) is 2.39. The van der Waals surface area contributed by atoms with Gasteiger partial charge in [0, 0.05) is 10.5 Å². The van der Waals surface area contributed by atoms with Gasteiger partial charge in [0.25, 0.3) is 0 Å². The predicted octanol–water partition coefficient (Wildman–Crippen LogP) is 3.87. The van der Waals surface area contributed by atoms with E-state index in [2.05, 4.69) is 5.32 Å². The van der Waals surface area contributed by atoms with Crippen molar-refractivity contribution in [1.29, 1.82) is 0 Å². The molecule has 140 valence electrons. The van der Waals surface area contributed by atoms with Crippen LogP contribution in [0.5, 0.6) is 0 Å². The molecule has 3 rings (SSSR count). The monoisotopic (exact) mass is 383 g/mol. The van der Waals surface area contributed by atoms with Crippen LogP contribution >= 0.6 is 11.8 Å². The highest BCUT2D eigenvalue weighted by atomic mass is 32.2. The molecule has 6 heteroatoms. The van der Waals surface area contributed by atoms with Gasteiger partial charge in [0.05, 0.1) is 17.4 Å². The summed E-state index contributed by atoms with van der Waals surface area (Å²) in [6.07, 6.45) is -0.0885. The number of ketones is 1. The van der Waals surface area contributed by atoms with Gasteiger partial charge in [0.2, 0.25) is 11.7 Å². The standard InChI is InChI=1S/C21H21NO4S/c1-3-14-8-10-15(11-9-14)20(24)13(2)26-19(23)12-18-21(25)22-16-6-4-5-7-17(16)27-18/h4-11,13,18H,3,12H2,1-2H3,(H,22,25)/t13-,18-/m1/s1. The van der Waals surface area contributed by atoms with Crippen LogP contribution < -0.4 is 5.32 Å². The zero-order valence-corrected chi connectivity index (χ0v) is 16.0. The molecular formula is C21H21NO4S. The number of hydrogen-bond acceptors (Lipinski definition) is 5. The molecule has 0 saturated carbocycles. The van der Waals surface area contributed by atoms with Crippen LogP contribution in [0, 0.1) is 0 Å². The summed E-state index contributed by atoms with van der Waals surface area (Å²) < 4.78 is 5.28. The van der Waals surface area contributed by atoms with E-state index in [1.165, 1.54) is 11.8 Å². The molecule has 0 unspecified atom stereocenters. The Morgan fingerprint density at radius 1 is 1.15 bits per heavy atom. The lowest BCUT2D eigenvalue weighted by atomic mass is 10.0. The van der Waals surface area contributed by atoms with E-state index in [1.54, 1.807) is 19.1 Å². The Morgan fingerprint density at radius 3 is 2.56 bits per heavy atom. The fourth-order valence-corrected chi connectivity index (χ4v) is 3.91. The van der Waals surface area contributed by atoms with Crippen molar-refractivity contribution in [2.45, 2.75) is 42.9 Å². The lowest BCUT2D eigenvalue weighted by Crippen LogP contribution is -2.33. The van der Waals surface area contributed by atoms with E-state index in [0.717, 1.165) is 22.6 Å². The lowest BCUT2D eigenvalue weighted by molar-refractivity contribution is -0.147. The summed E-state index contributed by atoms with van der Waals surface area (Å²) in [5.74, 6) is -1.05. The molecule has 1 heterocycles. The molecule has 2 atom stereocenters. The lowest BCUT2D eigenvalue weighted by Gasteiger charge is -2.23. The van der Waals surface area contributed by atoms with Gasteiger partial charge in [-0.1, -0.05) is 43.3 Å². The van der Waals surface area contributed by atoms with Crippen molar-refractivity contribution in [2.24, 2.45) is 0 Å². The Kier molecular flexibility index (Phi) is 5.96. The number of nitrogens with one attached hydrogen (secondary N) is 1. The smallest absolute Gasteiger partial charge is 0.308 e. The van der Waals surface area contributed by atoms with Crippen LogP contribution in [0.4, 0.5) is 5.69 Å². The number of thioether (sulfide) groups is 1. The van der Waals surface area contributed by atoms with Gasteiger partial charge in [-0.15, -0.1) is 11.8 Å². The third-order valence-electron chi connectivity index (χ3n) is 4.38. The van der Waals surface area contributed by atoms with Crippen LogP contribution in [0.15, 0.2) is 53.4 Å². The first kappa shape index (κ1) is 19.2. The number of anilines is 1. The molecule has 1 N–H and O–H groups in total. The SMILES string of the molecule is CCc1ccc(C(=O)[C@@H](C)OC(=O)C[C@H]2Sc3ccccc3NC2=O)cc1. The van der Waals surface area contributed by atoms with Gasteiger partial charge in [0.15, 0.2) is 6.10 Å². The van der Waals surface area contributed by atoms with E-state index in [1.807, 2.05) is 43.3 Å². The van der Waals surface area contributed by atoms with Crippen molar-refractivity contribution in [3.8, 4) is 0 Å². The number of aryl methyl sites for hydroxylation is 1. The maximum Gasteiger partial charge on any atom is 0.308 e. The normalized spacial score (nSPS) is 16.8. The molecule has 1 aliphatic rings. The molecule has 5 nitrogen and oxygen atoms in total. The molecule has 0 saturated heterocycles. The average Bonchev–Trinajstić information content (AvgIpc) is 2.68. The minimum Gasteiger partial charge on any atom is -0.454 e. The number of benzene rings is 2. The number of amides is 1. The fraction of sp³-hybridized carbons (Fsp3) is 0.286. The van der Waals surface area contributed by atoms with Crippen LogP contribution in [0.1, 0.15) is 36.2 Å². The summed E-state index contributed by atoms with van der Waals surface area (Å²) in [5, 5.41) is 2.22. The quantitative estimate of drug-likeness (QED) is 0.606. The second-order valence-corrected chi connectivity index (χ2v) is 7.59. The highest BCUT2D eigenvalue weighted by Gasteiger charge is 2.30. The molecule has 0 aliphatic carbocycles. The van der Waals surface area contributed by atoms with Crippen molar-refractivity contribution in [3.63, 3.8) is 0 Å². The van der Waals surface area contributed by atoms with Crippen molar-refractivity contribution >= 4 is 35.1 Å². The molecule has 0 spiro atoms. The minimum atomic E-state index is -0.895. The van der Waals surface area contributed by atoms with Crippen molar-refractivity contribution in [3.05, 3.63) is 59.7 Å². The fourth-order valence-electron chi connectivity index (χ4n) is 2.82. The number of ether oxygens (including phenoxy) is 1. The Bertz CT molecular complexity index is 863. The van der Waals surface area contributed by atoms with E-state index in [4.69, 9.17) is 4.74 Å². The van der Waals surface area contributed by atoms with Crippen molar-refractivity contribution in [1.82, 2.24) is 0 Å². The molecule has 2 aromatic rings. The van der Waals surface area contributed by atoms with E-state index in [0.29, 0.717) is 5.56 Å². The second-order valence-electron chi connectivity index (χ2n) is 6.34. The van der Waals surface area contributed by atoms with Crippen LogP contribution in [0.2, 0.25) is 0 Å². The van der Waals surface area contributed by atoms with Crippen LogP contribution in [0.25, 0.3) is 0 Å². The maximum absolute atomic E-state index is 12.4. The average molecular weight is 383 g/mol. The highest BCUT2D eigenvalue weighted by molar-refractivity contribution is 8.01. The molecular weight excluding hydrogens is 362 g/mol. The van der Waals surface area contributed by atoms with E-state index >= 15 is 0 Å². The summed E-state index contributed by atoms with van der Waals surface area (Å²) >= 11 is 1.33. The van der Waals surface area contributed by atoms with Gasteiger partial charge in [-0.05, 0) is 31.0 Å². The Labute approximate surface area is 162 Å². The third-order valence-corrected chi connectivity index (χ3v) is 5.66. The maximum atomic E-state index is 12.4. The topological polar surface area (TPSA) is 72.5 Å². The Balaban J connectivity index is 1.58. The van der Waals surface area contributed by atoms with E-state index in [-0.39, 0.29) is 18.1 Å². The number of fused-ring (bicyclic) bond motifs is 1. The number of para-hydroxylation sites is 1. The largest absolute Gasteiger partial charge is 0.454 e. The van der Waals surface area contributed by atoms with E-state index in [9.17, 15) is 14.4 Å². The van der Waals surface area contributed by atoms with Gasteiger partial charge < -0.3 is 10.1 Å². The summed E-state index contributed by atoms with van der Waals surface area (Å²) in [6, 6.07) is 14.7. The molecule has 0 fully saturated rings. The van der Waals surface area contributed by atoms with Gasteiger partial charge >= 0.3 is 5.97 Å². The molecule has 0 aromatic heterocycles. The van der Waals surface area contributed by atoms with Crippen LogP contribution in [-0.4, -0.2) is 29.0 Å². The first-order valence-corrected chi connectivity index (χ1v) is 9.75. The van der Waals surface area contributed by atoms with Gasteiger partial charge in [0.1, 0.15) is 0 Å². The zero-order valence-electron chi connectivity index (χ0n) is 15.2. The zero-order chi connectivity index (χ0) is 19.4. The summed E-state index contributed by atoms with van der Waals surface area (Å²) in [7, 11) is 0. The molecule has 0 radical (unpaired) electrons. The first-order valence-electron chi connectivity index (χ1n) is 8.87. The van der Waals surface area contributed by atoms with Gasteiger partial charge in [-0.25, -0.2) is 0 Å². The molecule has 2 aromatic carbocycles. The Hall–Kier alpha value is -2.60. The second kappa shape index (κ2) is 8.39. The first-order chi connectivity index (χ1) is 13.0. The molecule has 27 heavy (non-hydrogen) atoms. The third kappa shape index (κ3) is 4.57.